The molecule has 2 heterocycles. The Labute approximate surface area is 694 Å². The molecule has 2 atom stereocenters. The Balaban J connectivity index is 1.71. The molecule has 0 aromatic heterocycles. The molecule has 0 bridgehead atoms. The van der Waals surface area contributed by atoms with Crippen molar-refractivity contribution >= 4 is 84.6 Å². The molecule has 0 spiro atoms. The van der Waals surface area contributed by atoms with Crippen molar-refractivity contribution in [2.75, 3.05) is 0 Å². The van der Waals surface area contributed by atoms with Gasteiger partial charge in [-0.3, -0.25) is 0 Å². The van der Waals surface area contributed by atoms with E-state index in [2.05, 4.69) is 397 Å². The summed E-state index contributed by atoms with van der Waals surface area (Å²) in [5.41, 5.74) is 27.3. The van der Waals surface area contributed by atoms with Crippen LogP contribution in [0.5, 0.6) is 0 Å². The highest BCUT2D eigenvalue weighted by Gasteiger charge is 2.72. The first-order valence-electron chi connectivity index (χ1n) is 45.1. The van der Waals surface area contributed by atoms with Crippen LogP contribution in [0.1, 0.15) is 497 Å². The first-order valence-corrected chi connectivity index (χ1v) is 52.0. The Hall–Kier alpha value is -5.25. The summed E-state index contributed by atoms with van der Waals surface area (Å²) in [4.78, 5) is 3.59. The van der Waals surface area contributed by atoms with Crippen molar-refractivity contribution in [2.24, 2.45) is 0 Å². The molecule has 7 aromatic carbocycles. The molecule has 2 aliphatic heterocycles. The molecule has 2 aliphatic rings. The van der Waals surface area contributed by atoms with E-state index in [4.69, 9.17) is 0 Å². The fourth-order valence-corrected chi connectivity index (χ4v) is 46.5. The van der Waals surface area contributed by atoms with Gasteiger partial charge in [0.15, 0.2) is 0 Å². The molecule has 9 rings (SSSR count). The Morgan fingerprint density at radius 3 is 0.455 bits per heavy atom. The largest absolute Gasteiger partial charge is 0.389 e. The second-order valence-corrected chi connectivity index (χ2v) is 55.0. The monoisotopic (exact) mass is 1570 g/mol. The highest BCUT2D eigenvalue weighted by atomic mass is 28.4. The van der Waals surface area contributed by atoms with Gasteiger partial charge in [-0.15, -0.1) is 0 Å². The van der Waals surface area contributed by atoms with Crippen molar-refractivity contribution in [3.05, 3.63) is 197 Å². The van der Waals surface area contributed by atoms with Gasteiger partial charge in [-0.1, -0.05) is 346 Å². The Morgan fingerprint density at radius 1 is 0.205 bits per heavy atom. The van der Waals surface area contributed by atoms with Gasteiger partial charge in [-0.25, -0.2) is 0 Å². The normalized spacial score (nSPS) is 16.7. The third-order valence-electron chi connectivity index (χ3n) is 25.8. The lowest BCUT2D eigenvalue weighted by Crippen LogP contribution is -2.61. The molecule has 0 radical (unpaired) electrons. The molecule has 7 aromatic rings. The van der Waals surface area contributed by atoms with E-state index in [-0.39, 0.29) is 11.1 Å². The maximum atomic E-state index is 3.26. The maximum absolute atomic E-state index is 3.33. The first-order chi connectivity index (χ1) is 51.8. The van der Waals surface area contributed by atoms with E-state index >= 15 is 0 Å². The molecule has 2 saturated heterocycles. The van der Waals surface area contributed by atoms with E-state index in [0.29, 0.717) is 107 Å². The zero-order chi connectivity index (χ0) is 84.2. The van der Waals surface area contributed by atoms with Gasteiger partial charge >= 0.3 is 0 Å². The quantitative estimate of drug-likeness (QED) is 0.0394. The van der Waals surface area contributed by atoms with Crippen LogP contribution in [-0.4, -0.2) is 63.3 Å². The van der Waals surface area contributed by atoms with Crippen LogP contribution in [0, 0.1) is 0 Å². The summed E-state index contributed by atoms with van der Waals surface area (Å²) < 4.78 is 6.51. The summed E-state index contributed by atoms with van der Waals surface area (Å²) >= 11 is 0. The van der Waals surface area contributed by atoms with Gasteiger partial charge in [0.25, 0.3) is 16.5 Å². The third kappa shape index (κ3) is 16.6. The van der Waals surface area contributed by atoms with Gasteiger partial charge in [-0.05, 0) is 290 Å². The van der Waals surface area contributed by atoms with Crippen LogP contribution < -0.4 is 41.5 Å². The molecule has 0 amide bonds. The van der Waals surface area contributed by atoms with Crippen LogP contribution in [0.4, 0.5) is 0 Å². The Kier molecular flexibility index (Phi) is 27.5. The van der Waals surface area contributed by atoms with Crippen molar-refractivity contribution < 1.29 is 0 Å². The number of benzene rings is 7. The molecule has 2 fully saturated rings. The summed E-state index contributed by atoms with van der Waals surface area (Å²) in [6.07, 6.45) is 0. The van der Waals surface area contributed by atoms with E-state index < -0.39 is 33.3 Å². The minimum absolute atomic E-state index is 0.248. The van der Waals surface area contributed by atoms with Crippen molar-refractivity contribution in [3.63, 3.8) is 0 Å². The summed E-state index contributed by atoms with van der Waals surface area (Å²) in [6, 6.07) is 44.2. The standard InChI is InChI=1S/C106H160N2Si4/c1-59(2)77-47-85(65(13)14)97(86(48-77)66(15)16)109(98-87(67(17)18)49-78(60(3)4)50-88(98)68(19)20)103-107(105(37,38)39)111(103,101-93(73(29)30)55-81(63(9)10)56-94(101)74(31)32)83-43-45-84(46-44-83)112(102-95(75(33)34)57-82(64(11)12)58-96(102)76(35)36)104(108(112)106(40,41)42)110(99-89(69(21)22)51-79(61(5)6)52-90(99)70(23)24)100-91(71(25)26)53-80(62(7)8)54-92(100)72(27)28/h43-76H,1-42H3. The topological polar surface area (TPSA) is 6.02 Å². The molecule has 0 aliphatic carbocycles. The van der Waals surface area contributed by atoms with E-state index in [0.717, 1.165) is 0 Å². The fraction of sp³-hybridized carbons (Fsp3) is 0.585. The van der Waals surface area contributed by atoms with E-state index in [9.17, 15) is 0 Å². The van der Waals surface area contributed by atoms with Crippen LogP contribution in [-0.2, 0) is 0 Å². The molecular weight excluding hydrogens is 1410 g/mol. The van der Waals surface area contributed by atoms with Crippen LogP contribution >= 0.6 is 0 Å². The Bertz CT molecular complexity index is 4020. The molecule has 610 valence electrons. The fourth-order valence-electron chi connectivity index (χ4n) is 19.4. The average Bonchev–Trinajstić information content (AvgIpc) is 1.48. The lowest BCUT2D eigenvalue weighted by Gasteiger charge is -2.33. The SMILES string of the molecule is CC(C)c1cc(C(C)C)c([Si](=C2N(C(C)(C)C)[Si]2(c2ccc([Si]3(c4c(C(C)C)cc(C(C)C)cc4C(C)C)C(=[Si](c4c(C(C)C)cc(C(C)C)cc4C(C)C)c4c(C(C)C)cc(C(C)C)cc4C(C)C)N3C(C)(C)C)cc2)c2c(C(C)C)cc(C(C)C)cc2C(C)C)c2c(C(C)C)cc(C(C)C)cc2C(C)C)c(C(C)C)c1. The number of nitrogens with zero attached hydrogens (tertiary/aromatic N) is 2. The van der Waals surface area contributed by atoms with Gasteiger partial charge < -0.3 is 9.13 Å². The zero-order valence-electron chi connectivity index (χ0n) is 79.5. The lowest BCUT2D eigenvalue weighted by molar-refractivity contribution is 0.393. The Morgan fingerprint density at radius 2 is 0.339 bits per heavy atom. The number of hydrogen-bond acceptors (Lipinski definition) is 2. The molecule has 6 heteroatoms. The van der Waals surface area contributed by atoms with E-state index in [1.807, 2.05) is 0 Å². The third-order valence-corrected chi connectivity index (χ3v) is 45.0. The average molecular weight is 1570 g/mol. The molecule has 0 N–H and O–H groups in total. The van der Waals surface area contributed by atoms with Crippen molar-refractivity contribution in [2.45, 2.75) is 408 Å². The van der Waals surface area contributed by atoms with Crippen molar-refractivity contribution in [1.82, 2.24) is 9.13 Å². The molecule has 112 heavy (non-hydrogen) atoms. The summed E-state index contributed by atoms with van der Waals surface area (Å²) in [6.45, 7) is 106. The molecule has 2 nitrogen and oxygen atoms in total. The predicted molar refractivity (Wildman–Crippen MR) is 512 cm³/mol. The first kappa shape index (κ1) is 90.7. The smallest absolute Gasteiger partial charge is 0.264 e. The highest BCUT2D eigenvalue weighted by Crippen LogP contribution is 2.48. The summed E-state index contributed by atoms with van der Waals surface area (Å²) in [5.74, 6) is 6.09. The second-order valence-electron chi connectivity index (χ2n) is 42.7. The van der Waals surface area contributed by atoms with Crippen molar-refractivity contribution in [1.29, 1.82) is 0 Å². The predicted octanol–water partition coefficient (Wildman–Crippen LogP) is 25.4. The van der Waals surface area contributed by atoms with Gasteiger partial charge in [0.05, 0.1) is 0 Å². The summed E-state index contributed by atoms with van der Waals surface area (Å²) in [5, 5.41) is 13.3. The lowest BCUT2D eigenvalue weighted by atomic mass is 9.89. The molecule has 0 saturated carbocycles. The molecular formula is C106H160N2Si4. The van der Waals surface area contributed by atoms with Gasteiger partial charge in [0.2, 0.25) is 0 Å². The maximum Gasteiger partial charge on any atom is 0.264 e. The van der Waals surface area contributed by atoms with Crippen LogP contribution in [0.3, 0.4) is 0 Å². The number of hydrogen-bond donors (Lipinski definition) is 0. The number of rotatable bonds is 26. The van der Waals surface area contributed by atoms with Gasteiger partial charge in [-0.2, -0.15) is 0 Å². The van der Waals surface area contributed by atoms with E-state index in [1.54, 1.807) is 118 Å². The van der Waals surface area contributed by atoms with Crippen LogP contribution in [0.15, 0.2) is 97.1 Å². The second kappa shape index (κ2) is 34.0. The zero-order valence-corrected chi connectivity index (χ0v) is 83.5. The van der Waals surface area contributed by atoms with Crippen LogP contribution in [0.25, 0.3) is 0 Å². The highest BCUT2D eigenvalue weighted by molar-refractivity contribution is 7.44. The molecule has 2 unspecified atom stereocenters. The minimum atomic E-state index is -3.33. The van der Waals surface area contributed by atoms with E-state index in [1.165, 1.54) is 33.4 Å². The summed E-state index contributed by atoms with van der Waals surface area (Å²) in [7, 11) is -10.5. The van der Waals surface area contributed by atoms with Crippen molar-refractivity contribution in [3.8, 4) is 0 Å². The minimum Gasteiger partial charge on any atom is -0.389 e. The van der Waals surface area contributed by atoms with Gasteiger partial charge in [0, 0.05) is 20.9 Å². The van der Waals surface area contributed by atoms with Gasteiger partial charge in [0.1, 0.15) is 16.8 Å². The van der Waals surface area contributed by atoms with Crippen LogP contribution in [0.2, 0.25) is 0 Å².